The van der Waals surface area contributed by atoms with E-state index in [-0.39, 0.29) is 11.9 Å². The van der Waals surface area contributed by atoms with Crippen molar-refractivity contribution in [2.24, 2.45) is 0 Å². The molecule has 1 N–H and O–H groups in total. The normalized spacial score (nSPS) is 18.5. The fourth-order valence-electron chi connectivity index (χ4n) is 2.94. The molecule has 1 aliphatic heterocycles. The number of carbonyl (C=O) groups is 1. The number of nitrogens with one attached hydrogen (secondary N) is 1. The van der Waals surface area contributed by atoms with Gasteiger partial charge in [0.15, 0.2) is 0 Å². The van der Waals surface area contributed by atoms with E-state index in [0.717, 1.165) is 36.3 Å². The molecule has 2 aromatic heterocycles. The van der Waals surface area contributed by atoms with Crippen LogP contribution >= 0.6 is 0 Å². The first-order chi connectivity index (χ1) is 9.68. The van der Waals surface area contributed by atoms with Gasteiger partial charge in [0.25, 0.3) is 5.91 Å². The lowest BCUT2D eigenvalue weighted by atomic mass is 10.1. The summed E-state index contributed by atoms with van der Waals surface area (Å²) in [5.41, 5.74) is 3.42. The van der Waals surface area contributed by atoms with E-state index in [1.807, 2.05) is 37.1 Å². The van der Waals surface area contributed by atoms with Gasteiger partial charge in [0, 0.05) is 24.6 Å². The molecular formula is C15H18N4O. The van der Waals surface area contributed by atoms with Crippen molar-refractivity contribution in [2.45, 2.75) is 32.7 Å². The Morgan fingerprint density at radius 1 is 1.45 bits per heavy atom. The van der Waals surface area contributed by atoms with Gasteiger partial charge in [0.1, 0.15) is 0 Å². The third-order valence-electron chi connectivity index (χ3n) is 3.92. The van der Waals surface area contributed by atoms with E-state index >= 15 is 0 Å². The second-order valence-corrected chi connectivity index (χ2v) is 5.25. The van der Waals surface area contributed by atoms with Crippen LogP contribution in [0.5, 0.6) is 0 Å². The van der Waals surface area contributed by atoms with Gasteiger partial charge in [-0.15, -0.1) is 0 Å². The van der Waals surface area contributed by atoms with Crippen molar-refractivity contribution < 1.29 is 4.79 Å². The van der Waals surface area contributed by atoms with Gasteiger partial charge in [0.2, 0.25) is 0 Å². The van der Waals surface area contributed by atoms with E-state index in [1.165, 1.54) is 0 Å². The summed E-state index contributed by atoms with van der Waals surface area (Å²) in [6, 6.07) is 4.09. The molecule has 104 valence electrons. The monoisotopic (exact) mass is 270 g/mol. The van der Waals surface area contributed by atoms with E-state index in [2.05, 4.69) is 15.2 Å². The Bertz CT molecular complexity index is 601. The summed E-state index contributed by atoms with van der Waals surface area (Å²) in [5, 5.41) is 7.01. The number of likely N-dealkylation sites (tertiary alicyclic amines) is 1. The smallest absolute Gasteiger partial charge is 0.258 e. The number of hydrogen-bond acceptors (Lipinski definition) is 3. The highest BCUT2D eigenvalue weighted by molar-refractivity contribution is 5.96. The predicted molar refractivity (Wildman–Crippen MR) is 75.3 cm³/mol. The van der Waals surface area contributed by atoms with Crippen LogP contribution in [0.25, 0.3) is 0 Å². The SMILES string of the molecule is Cc1n[nH]c(C)c1C(=O)N1CCCC1c1cccnc1. The molecule has 0 aromatic carbocycles. The number of carbonyl (C=O) groups excluding carboxylic acids is 1. The maximum Gasteiger partial charge on any atom is 0.258 e. The van der Waals surface area contributed by atoms with Crippen LogP contribution in [0.15, 0.2) is 24.5 Å². The third-order valence-corrected chi connectivity index (χ3v) is 3.92. The molecule has 1 unspecified atom stereocenters. The van der Waals surface area contributed by atoms with Gasteiger partial charge in [-0.25, -0.2) is 0 Å². The molecule has 0 radical (unpaired) electrons. The third kappa shape index (κ3) is 2.09. The van der Waals surface area contributed by atoms with Crippen molar-refractivity contribution in [1.82, 2.24) is 20.1 Å². The molecule has 3 rings (SSSR count). The predicted octanol–water partition coefficient (Wildman–Crippen LogP) is 2.40. The lowest BCUT2D eigenvalue weighted by Gasteiger charge is -2.25. The molecule has 1 amide bonds. The quantitative estimate of drug-likeness (QED) is 0.911. The van der Waals surface area contributed by atoms with Crippen LogP contribution < -0.4 is 0 Å². The fourth-order valence-corrected chi connectivity index (χ4v) is 2.94. The van der Waals surface area contributed by atoms with E-state index in [0.29, 0.717) is 5.56 Å². The number of nitrogens with zero attached hydrogens (tertiary/aromatic N) is 3. The Morgan fingerprint density at radius 3 is 2.95 bits per heavy atom. The van der Waals surface area contributed by atoms with Gasteiger partial charge in [-0.2, -0.15) is 5.10 Å². The Morgan fingerprint density at radius 2 is 2.30 bits per heavy atom. The van der Waals surface area contributed by atoms with Gasteiger partial charge in [0.05, 0.1) is 17.3 Å². The fraction of sp³-hybridized carbons (Fsp3) is 0.400. The summed E-state index contributed by atoms with van der Waals surface area (Å²) in [7, 11) is 0. The summed E-state index contributed by atoms with van der Waals surface area (Å²) >= 11 is 0. The van der Waals surface area contributed by atoms with Crippen molar-refractivity contribution in [2.75, 3.05) is 6.54 Å². The minimum absolute atomic E-state index is 0.0695. The average molecular weight is 270 g/mol. The Balaban J connectivity index is 1.91. The molecule has 3 heterocycles. The van der Waals surface area contributed by atoms with Gasteiger partial charge in [-0.1, -0.05) is 6.07 Å². The van der Waals surface area contributed by atoms with Gasteiger partial charge in [-0.3, -0.25) is 14.9 Å². The minimum Gasteiger partial charge on any atom is -0.331 e. The molecule has 0 spiro atoms. The number of aromatic nitrogens is 3. The van der Waals surface area contributed by atoms with Crippen molar-refractivity contribution in [3.8, 4) is 0 Å². The number of pyridine rings is 1. The Hall–Kier alpha value is -2.17. The molecule has 1 fully saturated rings. The summed E-state index contributed by atoms with van der Waals surface area (Å²) in [5.74, 6) is 0.0695. The van der Waals surface area contributed by atoms with Crippen LogP contribution in [-0.4, -0.2) is 32.5 Å². The molecule has 2 aromatic rings. The van der Waals surface area contributed by atoms with E-state index in [4.69, 9.17) is 0 Å². The van der Waals surface area contributed by atoms with Crippen molar-refractivity contribution in [3.63, 3.8) is 0 Å². The molecule has 1 atom stereocenters. The largest absolute Gasteiger partial charge is 0.331 e. The van der Waals surface area contributed by atoms with E-state index in [1.54, 1.807) is 6.20 Å². The van der Waals surface area contributed by atoms with Gasteiger partial charge < -0.3 is 4.90 Å². The van der Waals surface area contributed by atoms with Crippen molar-refractivity contribution >= 4 is 5.91 Å². The van der Waals surface area contributed by atoms with Crippen LogP contribution in [0.2, 0.25) is 0 Å². The molecule has 5 nitrogen and oxygen atoms in total. The zero-order valence-electron chi connectivity index (χ0n) is 11.8. The highest BCUT2D eigenvalue weighted by Crippen LogP contribution is 2.33. The minimum atomic E-state index is 0.0695. The maximum absolute atomic E-state index is 12.8. The van der Waals surface area contributed by atoms with Crippen molar-refractivity contribution in [3.05, 3.63) is 47.0 Å². The second kappa shape index (κ2) is 5.07. The molecular weight excluding hydrogens is 252 g/mol. The summed E-state index contributed by atoms with van der Waals surface area (Å²) in [6.45, 7) is 4.55. The van der Waals surface area contributed by atoms with Crippen LogP contribution in [0.4, 0.5) is 0 Å². The zero-order chi connectivity index (χ0) is 14.1. The molecule has 0 saturated carbocycles. The molecule has 1 saturated heterocycles. The van der Waals surface area contributed by atoms with Crippen LogP contribution in [0.3, 0.4) is 0 Å². The lowest BCUT2D eigenvalue weighted by molar-refractivity contribution is 0.0734. The second-order valence-electron chi connectivity index (χ2n) is 5.25. The van der Waals surface area contributed by atoms with Gasteiger partial charge >= 0.3 is 0 Å². The molecule has 1 aliphatic rings. The van der Waals surface area contributed by atoms with E-state index in [9.17, 15) is 4.79 Å². The highest BCUT2D eigenvalue weighted by atomic mass is 16.2. The number of H-pyrrole nitrogens is 1. The molecule has 20 heavy (non-hydrogen) atoms. The maximum atomic E-state index is 12.8. The first-order valence-electron chi connectivity index (χ1n) is 6.91. The first kappa shape index (κ1) is 12.8. The molecule has 5 heteroatoms. The molecule has 0 aliphatic carbocycles. The standard InChI is InChI=1S/C15H18N4O/c1-10-14(11(2)18-17-10)15(20)19-8-4-6-13(19)12-5-3-7-16-9-12/h3,5,7,9,13H,4,6,8H2,1-2H3,(H,17,18). The average Bonchev–Trinajstić information content (AvgIpc) is 3.07. The van der Waals surface area contributed by atoms with Crippen molar-refractivity contribution in [1.29, 1.82) is 0 Å². The van der Waals surface area contributed by atoms with Crippen LogP contribution in [0, 0.1) is 13.8 Å². The number of amides is 1. The Labute approximate surface area is 118 Å². The summed E-state index contributed by atoms with van der Waals surface area (Å²) < 4.78 is 0. The zero-order valence-corrected chi connectivity index (χ0v) is 11.8. The first-order valence-corrected chi connectivity index (χ1v) is 6.91. The van der Waals surface area contributed by atoms with E-state index < -0.39 is 0 Å². The van der Waals surface area contributed by atoms with Crippen LogP contribution in [-0.2, 0) is 0 Å². The number of rotatable bonds is 2. The highest BCUT2D eigenvalue weighted by Gasteiger charge is 2.32. The lowest BCUT2D eigenvalue weighted by Crippen LogP contribution is -2.31. The number of aryl methyl sites for hydroxylation is 2. The van der Waals surface area contributed by atoms with Gasteiger partial charge in [-0.05, 0) is 38.3 Å². The number of aromatic amines is 1. The Kier molecular flexibility index (Phi) is 3.26. The topological polar surface area (TPSA) is 61.9 Å². The summed E-state index contributed by atoms with van der Waals surface area (Å²) in [6.07, 6.45) is 5.63. The number of hydrogen-bond donors (Lipinski definition) is 1. The summed E-state index contributed by atoms with van der Waals surface area (Å²) in [4.78, 5) is 18.9. The molecule has 0 bridgehead atoms. The van der Waals surface area contributed by atoms with Crippen LogP contribution in [0.1, 0.15) is 46.2 Å².